The second-order valence-corrected chi connectivity index (χ2v) is 5.27. The molecule has 2 heterocycles. The Morgan fingerprint density at radius 1 is 1.00 bits per heavy atom. The number of furan rings is 1. The van der Waals surface area contributed by atoms with E-state index in [1.165, 1.54) is 7.11 Å². The molecule has 0 bridgehead atoms. The second kappa shape index (κ2) is 5.70. The third-order valence-corrected chi connectivity index (χ3v) is 3.81. The topological polar surface area (TPSA) is 57.3 Å². The smallest absolute Gasteiger partial charge is 0.373 e. The summed E-state index contributed by atoms with van der Waals surface area (Å²) in [5.74, 6) is 0.181. The number of aromatic nitrogens is 2. The van der Waals surface area contributed by atoms with E-state index < -0.39 is 5.97 Å². The summed E-state index contributed by atoms with van der Waals surface area (Å²) in [6.07, 6.45) is 0. The minimum absolute atomic E-state index is 0.158. The van der Waals surface area contributed by atoms with Gasteiger partial charge >= 0.3 is 5.97 Å². The minimum Gasteiger partial charge on any atom is -0.463 e. The van der Waals surface area contributed by atoms with E-state index in [0.717, 1.165) is 16.6 Å². The van der Waals surface area contributed by atoms with Gasteiger partial charge in [0.15, 0.2) is 5.76 Å². The average molecular weight is 318 g/mol. The van der Waals surface area contributed by atoms with Crippen LogP contribution in [0.3, 0.4) is 0 Å². The number of carbonyl (C=O) groups excluding carboxylic acids is 1. The maximum atomic E-state index is 11.6. The summed E-state index contributed by atoms with van der Waals surface area (Å²) in [5, 5.41) is 5.65. The zero-order valence-electron chi connectivity index (χ0n) is 13.0. The normalized spacial score (nSPS) is 10.9. The average Bonchev–Trinajstić information content (AvgIpc) is 3.26. The third kappa shape index (κ3) is 2.27. The van der Waals surface area contributed by atoms with Crippen molar-refractivity contribution in [1.82, 2.24) is 9.78 Å². The molecule has 0 fully saturated rings. The van der Waals surface area contributed by atoms with E-state index in [1.807, 2.05) is 59.3 Å². The Balaban J connectivity index is 1.91. The van der Waals surface area contributed by atoms with Crippen LogP contribution in [0.4, 0.5) is 0 Å². The molecule has 24 heavy (non-hydrogen) atoms. The number of hydrogen-bond acceptors (Lipinski definition) is 4. The van der Waals surface area contributed by atoms with E-state index in [1.54, 1.807) is 12.1 Å². The van der Waals surface area contributed by atoms with Gasteiger partial charge < -0.3 is 9.15 Å². The van der Waals surface area contributed by atoms with Gasteiger partial charge in [-0.2, -0.15) is 5.10 Å². The fraction of sp³-hybridized carbons (Fsp3) is 0.0526. The van der Waals surface area contributed by atoms with Crippen molar-refractivity contribution in [3.8, 4) is 17.1 Å². The van der Waals surface area contributed by atoms with Crippen LogP contribution in [0.2, 0.25) is 0 Å². The summed E-state index contributed by atoms with van der Waals surface area (Å²) >= 11 is 0. The number of esters is 1. The predicted molar refractivity (Wildman–Crippen MR) is 90.1 cm³/mol. The Labute approximate surface area is 138 Å². The molecule has 0 aliphatic carbocycles. The molecule has 2 aromatic heterocycles. The molecule has 0 saturated carbocycles. The molecule has 4 aromatic rings. The summed E-state index contributed by atoms with van der Waals surface area (Å²) in [7, 11) is 1.32. The van der Waals surface area contributed by atoms with E-state index >= 15 is 0 Å². The van der Waals surface area contributed by atoms with Gasteiger partial charge in [0, 0.05) is 5.39 Å². The highest BCUT2D eigenvalue weighted by Crippen LogP contribution is 2.31. The van der Waals surface area contributed by atoms with E-state index in [9.17, 15) is 4.79 Å². The van der Waals surface area contributed by atoms with Crippen molar-refractivity contribution in [1.29, 1.82) is 0 Å². The molecule has 0 atom stereocenters. The van der Waals surface area contributed by atoms with E-state index in [2.05, 4.69) is 4.74 Å². The Morgan fingerprint density at radius 3 is 2.54 bits per heavy atom. The Hall–Kier alpha value is -3.34. The SMILES string of the molecule is COC(=O)c1ccc(-c2nn(-c3ccccc3)c3ccccc23)o1. The van der Waals surface area contributed by atoms with Crippen LogP contribution in [0.25, 0.3) is 28.0 Å². The Kier molecular flexibility index (Phi) is 3.39. The van der Waals surface area contributed by atoms with Gasteiger partial charge in [0.2, 0.25) is 5.76 Å². The van der Waals surface area contributed by atoms with Crippen LogP contribution in [0, 0.1) is 0 Å². The van der Waals surface area contributed by atoms with E-state index in [4.69, 9.17) is 9.52 Å². The molecular formula is C19H14N2O3. The first kappa shape index (κ1) is 14.3. The highest BCUT2D eigenvalue weighted by Gasteiger charge is 2.18. The summed E-state index contributed by atoms with van der Waals surface area (Å²) in [5.41, 5.74) is 2.61. The Bertz CT molecular complexity index is 1020. The molecule has 4 rings (SSSR count). The van der Waals surface area contributed by atoms with Crippen LogP contribution < -0.4 is 0 Å². The number of rotatable bonds is 3. The lowest BCUT2D eigenvalue weighted by molar-refractivity contribution is 0.0566. The van der Waals surface area contributed by atoms with E-state index in [-0.39, 0.29) is 5.76 Å². The van der Waals surface area contributed by atoms with Crippen molar-refractivity contribution in [2.75, 3.05) is 7.11 Å². The summed E-state index contributed by atoms with van der Waals surface area (Å²) in [4.78, 5) is 11.6. The number of benzene rings is 2. The van der Waals surface area contributed by atoms with Crippen LogP contribution in [0.1, 0.15) is 10.6 Å². The van der Waals surface area contributed by atoms with Gasteiger partial charge in [-0.25, -0.2) is 9.48 Å². The number of ether oxygens (including phenoxy) is 1. The van der Waals surface area contributed by atoms with Crippen LogP contribution in [-0.4, -0.2) is 22.9 Å². The first-order valence-corrected chi connectivity index (χ1v) is 7.49. The summed E-state index contributed by atoms with van der Waals surface area (Å²) < 4.78 is 12.2. The Morgan fingerprint density at radius 2 is 1.75 bits per heavy atom. The molecular weight excluding hydrogens is 304 g/mol. The first-order chi connectivity index (χ1) is 11.8. The zero-order valence-corrected chi connectivity index (χ0v) is 13.0. The zero-order chi connectivity index (χ0) is 16.5. The molecule has 0 aliphatic rings. The van der Waals surface area contributed by atoms with Crippen molar-refractivity contribution < 1.29 is 13.9 Å². The highest BCUT2D eigenvalue weighted by molar-refractivity contribution is 5.94. The van der Waals surface area contributed by atoms with Gasteiger partial charge in [0.1, 0.15) is 5.69 Å². The van der Waals surface area contributed by atoms with Gasteiger partial charge in [-0.1, -0.05) is 36.4 Å². The number of methoxy groups -OCH3 is 1. The third-order valence-electron chi connectivity index (χ3n) is 3.81. The first-order valence-electron chi connectivity index (χ1n) is 7.49. The molecule has 2 aromatic carbocycles. The molecule has 5 heteroatoms. The second-order valence-electron chi connectivity index (χ2n) is 5.27. The molecule has 0 aliphatic heterocycles. The van der Waals surface area contributed by atoms with Crippen LogP contribution in [0.5, 0.6) is 0 Å². The van der Waals surface area contributed by atoms with Gasteiger partial charge in [-0.05, 0) is 30.3 Å². The molecule has 118 valence electrons. The van der Waals surface area contributed by atoms with Gasteiger partial charge in [0.25, 0.3) is 0 Å². The quantitative estimate of drug-likeness (QED) is 0.534. The molecule has 0 N–H and O–H groups in total. The van der Waals surface area contributed by atoms with E-state index in [0.29, 0.717) is 11.5 Å². The molecule has 0 spiro atoms. The van der Waals surface area contributed by atoms with Crippen molar-refractivity contribution in [2.24, 2.45) is 0 Å². The lowest BCUT2D eigenvalue weighted by Gasteiger charge is -2.01. The van der Waals surface area contributed by atoms with Crippen LogP contribution in [-0.2, 0) is 4.74 Å². The summed E-state index contributed by atoms with van der Waals surface area (Å²) in [6, 6.07) is 21.1. The van der Waals surface area contributed by atoms with Crippen molar-refractivity contribution >= 4 is 16.9 Å². The molecule has 0 radical (unpaired) electrons. The number of fused-ring (bicyclic) bond motifs is 1. The number of nitrogens with zero attached hydrogens (tertiary/aromatic N) is 2. The molecule has 0 amide bonds. The van der Waals surface area contributed by atoms with Crippen molar-refractivity contribution in [3.63, 3.8) is 0 Å². The predicted octanol–water partition coefficient (Wildman–Crippen LogP) is 4.07. The monoisotopic (exact) mass is 318 g/mol. The van der Waals surface area contributed by atoms with Crippen LogP contribution >= 0.6 is 0 Å². The number of para-hydroxylation sites is 2. The van der Waals surface area contributed by atoms with Gasteiger partial charge in [0.05, 0.1) is 18.3 Å². The highest BCUT2D eigenvalue weighted by atomic mass is 16.5. The maximum Gasteiger partial charge on any atom is 0.373 e. The molecule has 0 unspecified atom stereocenters. The fourth-order valence-electron chi connectivity index (χ4n) is 2.69. The van der Waals surface area contributed by atoms with Crippen LogP contribution in [0.15, 0.2) is 71.1 Å². The standard InChI is InChI=1S/C19H14N2O3/c1-23-19(22)17-12-11-16(24-17)18-14-9-5-6-10-15(14)21(20-18)13-7-3-2-4-8-13/h2-12H,1H3. The number of carbonyl (C=O) groups is 1. The summed E-state index contributed by atoms with van der Waals surface area (Å²) in [6.45, 7) is 0. The van der Waals surface area contributed by atoms with Crippen molar-refractivity contribution in [3.05, 3.63) is 72.5 Å². The maximum absolute atomic E-state index is 11.6. The molecule has 5 nitrogen and oxygen atoms in total. The largest absolute Gasteiger partial charge is 0.463 e. The number of hydrogen-bond donors (Lipinski definition) is 0. The lowest BCUT2D eigenvalue weighted by Crippen LogP contribution is -1.98. The van der Waals surface area contributed by atoms with Gasteiger partial charge in [-0.3, -0.25) is 0 Å². The fourth-order valence-corrected chi connectivity index (χ4v) is 2.69. The lowest BCUT2D eigenvalue weighted by atomic mass is 10.2. The molecule has 0 saturated heterocycles. The minimum atomic E-state index is -0.506. The van der Waals surface area contributed by atoms with Gasteiger partial charge in [-0.15, -0.1) is 0 Å². The van der Waals surface area contributed by atoms with Crippen molar-refractivity contribution in [2.45, 2.75) is 0 Å².